The van der Waals surface area contributed by atoms with Crippen molar-refractivity contribution in [1.29, 1.82) is 0 Å². The lowest BCUT2D eigenvalue weighted by Crippen LogP contribution is -2.00. The summed E-state index contributed by atoms with van der Waals surface area (Å²) in [7, 11) is 1.65. The first-order valence-corrected chi connectivity index (χ1v) is 7.29. The smallest absolute Gasteiger partial charge is 0.125 e. The summed E-state index contributed by atoms with van der Waals surface area (Å²) in [6.07, 6.45) is 1.14. The number of rotatable bonds is 6. The number of nitrogen functional groups attached to an aromatic ring is 1. The summed E-state index contributed by atoms with van der Waals surface area (Å²) in [5, 5.41) is 0. The van der Waals surface area contributed by atoms with Crippen LogP contribution in [-0.4, -0.2) is 7.11 Å². The Balaban J connectivity index is 2.04. The molecule has 1 atom stereocenters. The van der Waals surface area contributed by atoms with Crippen LogP contribution >= 0.6 is 0 Å². The molecule has 0 heterocycles. The third kappa shape index (κ3) is 3.91. The molecule has 0 saturated carbocycles. The van der Waals surface area contributed by atoms with Gasteiger partial charge in [-0.3, -0.25) is 0 Å². The Kier molecular flexibility index (Phi) is 5.09. The fraction of sp³-hybridized carbons (Fsp3) is 0.333. The number of hydrogen-bond acceptors (Lipinski definition) is 3. The predicted molar refractivity (Wildman–Crippen MR) is 86.9 cm³/mol. The summed E-state index contributed by atoms with van der Waals surface area (Å²) < 4.78 is 11.1. The molecular weight excluding hydrogens is 262 g/mol. The van der Waals surface area contributed by atoms with Crippen molar-refractivity contribution in [3.05, 3.63) is 53.6 Å². The minimum Gasteiger partial charge on any atom is -0.496 e. The molecule has 2 aromatic rings. The normalized spacial score (nSPS) is 12.0. The quantitative estimate of drug-likeness (QED) is 0.801. The zero-order valence-corrected chi connectivity index (χ0v) is 12.9. The summed E-state index contributed by atoms with van der Waals surface area (Å²) >= 11 is 0. The zero-order chi connectivity index (χ0) is 15.2. The van der Waals surface area contributed by atoms with Crippen molar-refractivity contribution >= 4 is 5.69 Å². The monoisotopic (exact) mass is 285 g/mol. The molecule has 2 rings (SSSR count). The number of anilines is 1. The van der Waals surface area contributed by atoms with Gasteiger partial charge in [-0.1, -0.05) is 26.0 Å². The number of hydrogen-bond donors (Lipinski definition) is 1. The third-order valence-electron chi connectivity index (χ3n) is 3.76. The number of nitrogens with two attached hydrogens (primary N) is 1. The molecule has 0 aliphatic heterocycles. The van der Waals surface area contributed by atoms with Crippen molar-refractivity contribution in [3.63, 3.8) is 0 Å². The molecule has 21 heavy (non-hydrogen) atoms. The van der Waals surface area contributed by atoms with Crippen molar-refractivity contribution in [2.75, 3.05) is 12.8 Å². The standard InChI is InChI=1S/C18H23NO2/c1-4-13(2)14-5-8-17(9-6-14)21-12-15-11-16(19)7-10-18(15)20-3/h5-11,13H,4,12,19H2,1-3H3. The minimum absolute atomic E-state index is 0.441. The molecule has 0 aliphatic rings. The van der Waals surface area contributed by atoms with Crippen LogP contribution in [0, 0.1) is 0 Å². The van der Waals surface area contributed by atoms with E-state index in [9.17, 15) is 0 Å². The highest BCUT2D eigenvalue weighted by atomic mass is 16.5. The predicted octanol–water partition coefficient (Wildman–Crippen LogP) is 4.37. The van der Waals surface area contributed by atoms with Gasteiger partial charge in [-0.15, -0.1) is 0 Å². The molecule has 0 radical (unpaired) electrons. The van der Waals surface area contributed by atoms with E-state index < -0.39 is 0 Å². The summed E-state index contributed by atoms with van der Waals surface area (Å²) in [4.78, 5) is 0. The van der Waals surface area contributed by atoms with E-state index in [0.29, 0.717) is 18.2 Å². The largest absolute Gasteiger partial charge is 0.496 e. The topological polar surface area (TPSA) is 44.5 Å². The van der Waals surface area contributed by atoms with Crippen LogP contribution in [0.1, 0.15) is 37.3 Å². The van der Waals surface area contributed by atoms with Crippen molar-refractivity contribution in [2.45, 2.75) is 32.8 Å². The molecule has 0 fully saturated rings. The second kappa shape index (κ2) is 7.02. The van der Waals surface area contributed by atoms with Gasteiger partial charge < -0.3 is 15.2 Å². The van der Waals surface area contributed by atoms with Crippen molar-refractivity contribution in [3.8, 4) is 11.5 Å². The molecule has 0 aliphatic carbocycles. The van der Waals surface area contributed by atoms with Gasteiger partial charge in [0.25, 0.3) is 0 Å². The third-order valence-corrected chi connectivity index (χ3v) is 3.76. The van der Waals surface area contributed by atoms with Crippen LogP contribution in [0.5, 0.6) is 11.5 Å². The van der Waals surface area contributed by atoms with Crippen molar-refractivity contribution < 1.29 is 9.47 Å². The number of methoxy groups -OCH3 is 1. The van der Waals surface area contributed by atoms with E-state index in [1.807, 2.05) is 30.3 Å². The second-order valence-corrected chi connectivity index (χ2v) is 5.24. The Labute approximate surface area is 126 Å². The van der Waals surface area contributed by atoms with Gasteiger partial charge in [-0.05, 0) is 48.2 Å². The first kappa shape index (κ1) is 15.2. The Hall–Kier alpha value is -2.16. The molecule has 1 unspecified atom stereocenters. The lowest BCUT2D eigenvalue weighted by molar-refractivity contribution is 0.296. The maximum atomic E-state index is 5.82. The summed E-state index contributed by atoms with van der Waals surface area (Å²) in [5.41, 5.74) is 8.81. The zero-order valence-electron chi connectivity index (χ0n) is 12.9. The van der Waals surface area contributed by atoms with Crippen LogP contribution < -0.4 is 15.2 Å². The molecule has 2 aromatic carbocycles. The van der Waals surface area contributed by atoms with Crippen LogP contribution in [-0.2, 0) is 6.61 Å². The van der Waals surface area contributed by atoms with Gasteiger partial charge in [-0.2, -0.15) is 0 Å². The van der Waals surface area contributed by atoms with Crippen LogP contribution in [0.25, 0.3) is 0 Å². The van der Waals surface area contributed by atoms with Crippen LogP contribution in [0.3, 0.4) is 0 Å². The highest BCUT2D eigenvalue weighted by molar-refractivity contribution is 5.47. The van der Waals surface area contributed by atoms with Gasteiger partial charge in [-0.25, -0.2) is 0 Å². The van der Waals surface area contributed by atoms with Gasteiger partial charge in [0.05, 0.1) is 7.11 Å². The Morgan fingerprint density at radius 2 is 1.81 bits per heavy atom. The first-order chi connectivity index (χ1) is 10.1. The molecule has 3 heteroatoms. The lowest BCUT2D eigenvalue weighted by Gasteiger charge is -2.12. The molecule has 2 N–H and O–H groups in total. The van der Waals surface area contributed by atoms with Gasteiger partial charge in [0.15, 0.2) is 0 Å². The summed E-state index contributed by atoms with van der Waals surface area (Å²) in [5.74, 6) is 2.22. The van der Waals surface area contributed by atoms with Crippen LogP contribution in [0.4, 0.5) is 5.69 Å². The molecular formula is C18H23NO2. The van der Waals surface area contributed by atoms with E-state index in [2.05, 4.69) is 26.0 Å². The average molecular weight is 285 g/mol. The lowest BCUT2D eigenvalue weighted by atomic mass is 9.99. The minimum atomic E-state index is 0.441. The van der Waals surface area contributed by atoms with Crippen LogP contribution in [0.2, 0.25) is 0 Å². The maximum absolute atomic E-state index is 5.82. The fourth-order valence-corrected chi connectivity index (χ4v) is 2.20. The molecule has 0 spiro atoms. The average Bonchev–Trinajstić information content (AvgIpc) is 2.52. The van der Waals surface area contributed by atoms with Crippen molar-refractivity contribution in [2.24, 2.45) is 0 Å². The highest BCUT2D eigenvalue weighted by Gasteiger charge is 2.06. The summed E-state index contributed by atoms with van der Waals surface area (Å²) in [6.45, 7) is 4.87. The van der Waals surface area contributed by atoms with Crippen molar-refractivity contribution in [1.82, 2.24) is 0 Å². The molecule has 3 nitrogen and oxygen atoms in total. The molecule has 0 amide bonds. The maximum Gasteiger partial charge on any atom is 0.125 e. The molecule has 112 valence electrons. The van der Waals surface area contributed by atoms with Gasteiger partial charge in [0, 0.05) is 11.3 Å². The van der Waals surface area contributed by atoms with Gasteiger partial charge >= 0.3 is 0 Å². The van der Waals surface area contributed by atoms with Gasteiger partial charge in [0.1, 0.15) is 18.1 Å². The number of ether oxygens (including phenoxy) is 2. The molecule has 0 bridgehead atoms. The summed E-state index contributed by atoms with van der Waals surface area (Å²) in [6, 6.07) is 13.8. The second-order valence-electron chi connectivity index (χ2n) is 5.24. The van der Waals surface area contributed by atoms with Gasteiger partial charge in [0.2, 0.25) is 0 Å². The highest BCUT2D eigenvalue weighted by Crippen LogP contribution is 2.25. The fourth-order valence-electron chi connectivity index (χ4n) is 2.20. The van der Waals surface area contributed by atoms with Crippen LogP contribution in [0.15, 0.2) is 42.5 Å². The number of benzene rings is 2. The van der Waals surface area contributed by atoms with E-state index in [0.717, 1.165) is 23.5 Å². The van der Waals surface area contributed by atoms with E-state index in [1.165, 1.54) is 5.56 Å². The van der Waals surface area contributed by atoms with E-state index in [-0.39, 0.29) is 0 Å². The Bertz CT molecular complexity index is 578. The molecule has 0 aromatic heterocycles. The SMILES string of the molecule is CCC(C)c1ccc(OCc2cc(N)ccc2OC)cc1. The van der Waals surface area contributed by atoms with E-state index in [4.69, 9.17) is 15.2 Å². The Morgan fingerprint density at radius 1 is 1.10 bits per heavy atom. The Morgan fingerprint density at radius 3 is 2.43 bits per heavy atom. The van der Waals surface area contributed by atoms with E-state index in [1.54, 1.807) is 7.11 Å². The molecule has 0 saturated heterocycles. The van der Waals surface area contributed by atoms with E-state index >= 15 is 0 Å². The first-order valence-electron chi connectivity index (χ1n) is 7.29.